The molecule has 1 unspecified atom stereocenters. The van der Waals surface area contributed by atoms with Crippen molar-refractivity contribution in [2.45, 2.75) is 38.5 Å². The molecule has 1 aromatic carbocycles. The Kier molecular flexibility index (Phi) is 6.38. The fraction of sp³-hybridized carbons (Fsp3) is 0.550. The van der Waals surface area contributed by atoms with Gasteiger partial charge in [0, 0.05) is 24.7 Å². The zero-order valence-electron chi connectivity index (χ0n) is 16.1. The van der Waals surface area contributed by atoms with Crippen molar-refractivity contribution in [3.8, 4) is 5.75 Å². The number of methoxy groups -OCH3 is 1. The predicted molar refractivity (Wildman–Crippen MR) is 105 cm³/mol. The monoisotopic (exact) mass is 389 g/mol. The lowest BCUT2D eigenvalue weighted by Crippen LogP contribution is -2.33. The van der Waals surface area contributed by atoms with Gasteiger partial charge in [-0.15, -0.1) is 0 Å². The third-order valence-corrected chi connectivity index (χ3v) is 5.51. The smallest absolute Gasteiger partial charge is 0.321 e. The number of ether oxygens (including phenoxy) is 1. The molecule has 8 nitrogen and oxygen atoms in total. The minimum Gasteiger partial charge on any atom is -0.495 e. The Morgan fingerprint density at radius 2 is 1.82 bits per heavy atom. The first-order chi connectivity index (χ1) is 13.5. The van der Waals surface area contributed by atoms with E-state index in [9.17, 15) is 14.4 Å². The Bertz CT molecular complexity index is 745. The lowest BCUT2D eigenvalue weighted by molar-refractivity contribution is -0.141. The van der Waals surface area contributed by atoms with Gasteiger partial charge in [0.1, 0.15) is 5.75 Å². The molecule has 1 aliphatic heterocycles. The SMILES string of the molecule is COc1ccc(NC(=O)N2CCC(C(=O)O)C2)cc1NC(=O)C1CCCCC1. The lowest BCUT2D eigenvalue weighted by Gasteiger charge is -2.22. The van der Waals surface area contributed by atoms with Gasteiger partial charge in [0.25, 0.3) is 0 Å². The van der Waals surface area contributed by atoms with Crippen molar-refractivity contribution in [2.75, 3.05) is 30.8 Å². The van der Waals surface area contributed by atoms with Crippen LogP contribution in [0, 0.1) is 11.8 Å². The summed E-state index contributed by atoms with van der Waals surface area (Å²) >= 11 is 0. The summed E-state index contributed by atoms with van der Waals surface area (Å²) in [5.74, 6) is -0.895. The summed E-state index contributed by atoms with van der Waals surface area (Å²) in [6.07, 6.45) is 5.55. The van der Waals surface area contributed by atoms with Crippen LogP contribution in [0.4, 0.5) is 16.2 Å². The second kappa shape index (κ2) is 8.95. The maximum absolute atomic E-state index is 12.6. The Labute approximate surface area is 164 Å². The van der Waals surface area contributed by atoms with E-state index in [2.05, 4.69) is 10.6 Å². The van der Waals surface area contributed by atoms with E-state index in [0.717, 1.165) is 25.7 Å². The topological polar surface area (TPSA) is 108 Å². The second-order valence-corrected chi connectivity index (χ2v) is 7.44. The normalized spacial score (nSPS) is 19.9. The number of carboxylic acids is 1. The van der Waals surface area contributed by atoms with E-state index in [0.29, 0.717) is 30.1 Å². The Morgan fingerprint density at radius 3 is 2.46 bits per heavy atom. The van der Waals surface area contributed by atoms with Crippen LogP contribution in [0.25, 0.3) is 0 Å². The fourth-order valence-corrected chi connectivity index (χ4v) is 3.83. The van der Waals surface area contributed by atoms with Gasteiger partial charge in [0.15, 0.2) is 0 Å². The van der Waals surface area contributed by atoms with Crippen molar-refractivity contribution >= 4 is 29.3 Å². The molecule has 1 aromatic rings. The van der Waals surface area contributed by atoms with Crippen LogP contribution in [0.2, 0.25) is 0 Å². The summed E-state index contributed by atoms with van der Waals surface area (Å²) in [5, 5.41) is 14.8. The first-order valence-corrected chi connectivity index (χ1v) is 9.75. The van der Waals surface area contributed by atoms with Gasteiger partial charge in [-0.25, -0.2) is 4.79 Å². The number of carbonyl (C=O) groups excluding carboxylic acids is 2. The Balaban J connectivity index is 1.65. The molecular formula is C20H27N3O5. The molecule has 1 atom stereocenters. The molecular weight excluding hydrogens is 362 g/mol. The molecule has 3 N–H and O–H groups in total. The number of likely N-dealkylation sites (tertiary alicyclic amines) is 1. The van der Waals surface area contributed by atoms with Gasteiger partial charge < -0.3 is 25.4 Å². The molecule has 2 aliphatic rings. The number of aliphatic carboxylic acids is 1. The third kappa shape index (κ3) is 4.74. The second-order valence-electron chi connectivity index (χ2n) is 7.44. The maximum atomic E-state index is 12.6. The molecule has 1 saturated carbocycles. The van der Waals surface area contributed by atoms with E-state index in [-0.39, 0.29) is 24.4 Å². The summed E-state index contributed by atoms with van der Waals surface area (Å²) in [5.41, 5.74) is 1.03. The van der Waals surface area contributed by atoms with Crippen LogP contribution < -0.4 is 15.4 Å². The van der Waals surface area contributed by atoms with Crippen molar-refractivity contribution in [3.05, 3.63) is 18.2 Å². The number of hydrogen-bond donors (Lipinski definition) is 3. The van der Waals surface area contributed by atoms with Crippen LogP contribution in [0.1, 0.15) is 38.5 Å². The van der Waals surface area contributed by atoms with Crippen molar-refractivity contribution in [3.63, 3.8) is 0 Å². The molecule has 0 spiro atoms. The lowest BCUT2D eigenvalue weighted by atomic mass is 9.88. The van der Waals surface area contributed by atoms with Crippen LogP contribution in [-0.2, 0) is 9.59 Å². The average molecular weight is 389 g/mol. The van der Waals surface area contributed by atoms with Gasteiger partial charge in [-0.3, -0.25) is 9.59 Å². The van der Waals surface area contributed by atoms with Crippen LogP contribution in [0.5, 0.6) is 5.75 Å². The molecule has 2 fully saturated rings. The number of anilines is 2. The Hall–Kier alpha value is -2.77. The van der Waals surface area contributed by atoms with Gasteiger partial charge in [-0.05, 0) is 37.5 Å². The zero-order valence-corrected chi connectivity index (χ0v) is 16.1. The first kappa shape index (κ1) is 20.0. The third-order valence-electron chi connectivity index (χ3n) is 5.51. The summed E-state index contributed by atoms with van der Waals surface area (Å²) in [6, 6.07) is 4.70. The van der Waals surface area contributed by atoms with E-state index >= 15 is 0 Å². The van der Waals surface area contributed by atoms with Crippen LogP contribution in [-0.4, -0.2) is 48.1 Å². The number of rotatable bonds is 5. The molecule has 8 heteroatoms. The average Bonchev–Trinajstić information content (AvgIpc) is 3.20. The summed E-state index contributed by atoms with van der Waals surface area (Å²) < 4.78 is 5.33. The highest BCUT2D eigenvalue weighted by molar-refractivity contribution is 5.96. The fourth-order valence-electron chi connectivity index (χ4n) is 3.83. The highest BCUT2D eigenvalue weighted by atomic mass is 16.5. The van der Waals surface area contributed by atoms with E-state index in [1.54, 1.807) is 18.2 Å². The van der Waals surface area contributed by atoms with Gasteiger partial charge in [0.05, 0.1) is 18.7 Å². The van der Waals surface area contributed by atoms with Crippen molar-refractivity contribution < 1.29 is 24.2 Å². The molecule has 0 aromatic heterocycles. The number of urea groups is 1. The zero-order chi connectivity index (χ0) is 20.1. The molecule has 1 heterocycles. The quantitative estimate of drug-likeness (QED) is 0.717. The predicted octanol–water partition coefficient (Wildman–Crippen LogP) is 3.15. The number of nitrogens with one attached hydrogen (secondary N) is 2. The molecule has 1 saturated heterocycles. The van der Waals surface area contributed by atoms with Crippen molar-refractivity contribution in [2.24, 2.45) is 11.8 Å². The van der Waals surface area contributed by atoms with E-state index in [1.807, 2.05) is 0 Å². The molecule has 1 aliphatic carbocycles. The van der Waals surface area contributed by atoms with Gasteiger partial charge in [0.2, 0.25) is 5.91 Å². The van der Waals surface area contributed by atoms with E-state index in [1.165, 1.54) is 18.4 Å². The number of benzene rings is 1. The minimum absolute atomic E-state index is 0.00857. The molecule has 0 bridgehead atoms. The van der Waals surface area contributed by atoms with Crippen LogP contribution in [0.3, 0.4) is 0 Å². The first-order valence-electron chi connectivity index (χ1n) is 9.75. The van der Waals surface area contributed by atoms with Crippen molar-refractivity contribution in [1.82, 2.24) is 4.90 Å². The molecule has 28 heavy (non-hydrogen) atoms. The number of carboxylic acid groups (broad SMARTS) is 1. The highest BCUT2D eigenvalue weighted by Gasteiger charge is 2.31. The van der Waals surface area contributed by atoms with Gasteiger partial charge in [-0.1, -0.05) is 19.3 Å². The van der Waals surface area contributed by atoms with E-state index < -0.39 is 11.9 Å². The number of hydrogen-bond acceptors (Lipinski definition) is 4. The number of nitrogens with zero attached hydrogens (tertiary/aromatic N) is 1. The summed E-state index contributed by atoms with van der Waals surface area (Å²) in [6.45, 7) is 0.604. The Morgan fingerprint density at radius 1 is 1.07 bits per heavy atom. The minimum atomic E-state index is -0.882. The molecule has 3 amide bonds. The van der Waals surface area contributed by atoms with Gasteiger partial charge in [-0.2, -0.15) is 0 Å². The summed E-state index contributed by atoms with van der Waals surface area (Å²) in [7, 11) is 1.53. The van der Waals surface area contributed by atoms with E-state index in [4.69, 9.17) is 9.84 Å². The van der Waals surface area contributed by atoms with Crippen LogP contribution in [0.15, 0.2) is 18.2 Å². The molecule has 3 rings (SSSR count). The molecule has 0 radical (unpaired) electrons. The van der Waals surface area contributed by atoms with Crippen molar-refractivity contribution in [1.29, 1.82) is 0 Å². The van der Waals surface area contributed by atoms with Gasteiger partial charge >= 0.3 is 12.0 Å². The summed E-state index contributed by atoms with van der Waals surface area (Å²) in [4.78, 5) is 37.5. The van der Waals surface area contributed by atoms with Crippen LogP contribution >= 0.6 is 0 Å². The molecule has 152 valence electrons. The maximum Gasteiger partial charge on any atom is 0.321 e. The largest absolute Gasteiger partial charge is 0.495 e. The number of carbonyl (C=O) groups is 3. The standard InChI is InChI=1S/C20H27N3O5/c1-28-17-8-7-15(21-20(27)23-10-9-14(12-23)19(25)26)11-16(17)22-18(24)13-5-3-2-4-6-13/h7-8,11,13-14H,2-6,9-10,12H2,1H3,(H,21,27)(H,22,24)(H,25,26). The number of amides is 3. The highest BCUT2D eigenvalue weighted by Crippen LogP contribution is 2.31.